The molecule has 210 valence electrons. The highest BCUT2D eigenvalue weighted by Crippen LogP contribution is 2.29. The van der Waals surface area contributed by atoms with Crippen LogP contribution in [0.15, 0.2) is 101 Å². The van der Waals surface area contributed by atoms with Crippen molar-refractivity contribution in [3.05, 3.63) is 106 Å². The molecule has 0 saturated carbocycles. The first kappa shape index (κ1) is 29.4. The van der Waals surface area contributed by atoms with Gasteiger partial charge in [0.2, 0.25) is 5.91 Å². The fourth-order valence-corrected chi connectivity index (χ4v) is 5.27. The summed E-state index contributed by atoms with van der Waals surface area (Å²) in [7, 11) is 3.09. The number of ether oxygens (including phenoxy) is 2. The minimum absolute atomic E-state index is 0.112. The highest BCUT2D eigenvalue weighted by molar-refractivity contribution is 8.00. The number of hydrogen-bond acceptors (Lipinski definition) is 7. The lowest BCUT2D eigenvalue weighted by atomic mass is 10.2. The number of thioether (sulfide) groups is 1. The number of rotatable bonds is 11. The molecule has 0 fully saturated rings. The van der Waals surface area contributed by atoms with Gasteiger partial charge in [-0.05, 0) is 54.8 Å². The Balaban J connectivity index is 1.44. The predicted molar refractivity (Wildman–Crippen MR) is 165 cm³/mol. The predicted octanol–water partition coefficient (Wildman–Crippen LogP) is 6.29. The van der Waals surface area contributed by atoms with Gasteiger partial charge < -0.3 is 25.4 Å². The third-order valence-corrected chi connectivity index (χ3v) is 7.66. The molecule has 0 spiro atoms. The molecule has 0 saturated heterocycles. The lowest BCUT2D eigenvalue weighted by Crippen LogP contribution is -2.30. The van der Waals surface area contributed by atoms with E-state index in [1.165, 1.54) is 23.1 Å². The van der Waals surface area contributed by atoms with E-state index in [-0.39, 0.29) is 17.5 Å². The van der Waals surface area contributed by atoms with Gasteiger partial charge >= 0.3 is 0 Å². The first-order chi connectivity index (χ1) is 19.8. The Hall–Kier alpha value is -4.54. The van der Waals surface area contributed by atoms with E-state index in [4.69, 9.17) is 9.47 Å². The highest BCUT2D eigenvalue weighted by Gasteiger charge is 2.18. The van der Waals surface area contributed by atoms with Gasteiger partial charge in [0.25, 0.3) is 11.8 Å². The van der Waals surface area contributed by atoms with Gasteiger partial charge in [0.05, 0.1) is 19.5 Å². The molecule has 3 N–H and O–H groups in total. The summed E-state index contributed by atoms with van der Waals surface area (Å²) in [5.74, 6) is 0.0696. The fourth-order valence-electron chi connectivity index (χ4n) is 3.68. The topological polar surface area (TPSA) is 106 Å². The van der Waals surface area contributed by atoms with Crippen LogP contribution in [-0.2, 0) is 9.59 Å². The second-order valence-corrected chi connectivity index (χ2v) is 11.1. The van der Waals surface area contributed by atoms with Crippen molar-refractivity contribution in [2.75, 3.05) is 24.9 Å². The Labute approximate surface area is 246 Å². The molecule has 0 aliphatic rings. The van der Waals surface area contributed by atoms with Crippen LogP contribution in [0.25, 0.3) is 6.08 Å². The summed E-state index contributed by atoms with van der Waals surface area (Å²) >= 11 is 2.80. The van der Waals surface area contributed by atoms with Crippen LogP contribution in [0, 0.1) is 0 Å². The van der Waals surface area contributed by atoms with Gasteiger partial charge in [-0.25, -0.2) is 0 Å². The second kappa shape index (κ2) is 14.2. The third kappa shape index (κ3) is 8.47. The summed E-state index contributed by atoms with van der Waals surface area (Å²) in [5, 5.41) is 9.93. The van der Waals surface area contributed by atoms with Gasteiger partial charge in [-0.15, -0.1) is 23.1 Å². The SMILES string of the molecule is COc1cc(NC(=O)C(C)Sc2cccc(NC(=O)/C(=C/c3cccs3)NC(=O)c3ccccc3)c2)cc(OC)c1. The Morgan fingerprint density at radius 1 is 0.829 bits per heavy atom. The minimum Gasteiger partial charge on any atom is -0.497 e. The van der Waals surface area contributed by atoms with E-state index in [2.05, 4.69) is 16.0 Å². The molecule has 1 aromatic heterocycles. The minimum atomic E-state index is -0.470. The quantitative estimate of drug-likeness (QED) is 0.141. The van der Waals surface area contributed by atoms with E-state index < -0.39 is 11.2 Å². The molecule has 0 aliphatic carbocycles. The average molecular weight is 588 g/mol. The Kier molecular flexibility index (Phi) is 10.2. The molecule has 4 aromatic rings. The number of carbonyl (C=O) groups is 3. The molecule has 3 amide bonds. The number of amides is 3. The maximum atomic E-state index is 13.3. The fraction of sp³-hybridized carbons (Fsp3) is 0.129. The average Bonchev–Trinajstić information content (AvgIpc) is 3.50. The van der Waals surface area contributed by atoms with Crippen molar-refractivity contribution >= 4 is 58.3 Å². The van der Waals surface area contributed by atoms with E-state index in [0.29, 0.717) is 28.4 Å². The van der Waals surface area contributed by atoms with Crippen molar-refractivity contribution in [3.8, 4) is 11.5 Å². The zero-order valence-electron chi connectivity index (χ0n) is 22.7. The third-order valence-electron chi connectivity index (χ3n) is 5.75. The van der Waals surface area contributed by atoms with Gasteiger partial charge in [-0.3, -0.25) is 14.4 Å². The Morgan fingerprint density at radius 3 is 2.22 bits per heavy atom. The van der Waals surface area contributed by atoms with Crippen LogP contribution in [0.3, 0.4) is 0 Å². The maximum Gasteiger partial charge on any atom is 0.272 e. The first-order valence-corrected chi connectivity index (χ1v) is 14.3. The van der Waals surface area contributed by atoms with Gasteiger partial charge in [0.15, 0.2) is 0 Å². The second-order valence-electron chi connectivity index (χ2n) is 8.73. The molecule has 0 bridgehead atoms. The normalized spacial score (nSPS) is 11.7. The molecule has 8 nitrogen and oxygen atoms in total. The van der Waals surface area contributed by atoms with Crippen molar-refractivity contribution in [1.29, 1.82) is 0 Å². The largest absolute Gasteiger partial charge is 0.497 e. The molecule has 41 heavy (non-hydrogen) atoms. The van der Waals surface area contributed by atoms with Crippen LogP contribution in [0.4, 0.5) is 11.4 Å². The van der Waals surface area contributed by atoms with E-state index in [1.807, 2.05) is 29.6 Å². The standard InChI is InChI=1S/C31H29N3O5S2/c1-20(29(35)33-23-15-24(38-2)18-25(16-23)39-3)41-27-12-7-11-22(17-27)32-31(37)28(19-26-13-8-14-40-26)34-30(36)21-9-5-4-6-10-21/h4-20H,1-3H3,(H,32,37)(H,33,35)(H,34,36)/b28-19-. The monoisotopic (exact) mass is 587 g/mol. The maximum absolute atomic E-state index is 13.3. The van der Waals surface area contributed by atoms with E-state index in [9.17, 15) is 14.4 Å². The molecule has 4 rings (SSSR count). The van der Waals surface area contributed by atoms with Crippen LogP contribution in [0.5, 0.6) is 11.5 Å². The van der Waals surface area contributed by atoms with Crippen molar-refractivity contribution in [1.82, 2.24) is 5.32 Å². The summed E-state index contributed by atoms with van der Waals surface area (Å²) in [5.41, 5.74) is 1.63. The number of carbonyl (C=O) groups excluding carboxylic acids is 3. The zero-order chi connectivity index (χ0) is 29.2. The molecule has 10 heteroatoms. The summed E-state index contributed by atoms with van der Waals surface area (Å²) in [6.07, 6.45) is 1.64. The summed E-state index contributed by atoms with van der Waals surface area (Å²) in [6, 6.07) is 24.8. The zero-order valence-corrected chi connectivity index (χ0v) is 24.3. The van der Waals surface area contributed by atoms with Crippen molar-refractivity contribution in [2.24, 2.45) is 0 Å². The molecule has 1 heterocycles. The number of nitrogens with one attached hydrogen (secondary N) is 3. The van der Waals surface area contributed by atoms with E-state index >= 15 is 0 Å². The van der Waals surface area contributed by atoms with Crippen LogP contribution in [0.1, 0.15) is 22.2 Å². The van der Waals surface area contributed by atoms with Crippen molar-refractivity contribution in [2.45, 2.75) is 17.1 Å². The molecular formula is C31H29N3O5S2. The lowest BCUT2D eigenvalue weighted by Gasteiger charge is -2.15. The van der Waals surface area contributed by atoms with Crippen molar-refractivity contribution < 1.29 is 23.9 Å². The molecule has 3 aromatic carbocycles. The van der Waals surface area contributed by atoms with Gasteiger partial charge in [0, 0.05) is 44.9 Å². The summed E-state index contributed by atoms with van der Waals surface area (Å²) in [6.45, 7) is 1.80. The molecule has 1 atom stereocenters. The van der Waals surface area contributed by atoms with Crippen molar-refractivity contribution in [3.63, 3.8) is 0 Å². The lowest BCUT2D eigenvalue weighted by molar-refractivity contribution is -0.115. The first-order valence-electron chi connectivity index (χ1n) is 12.6. The summed E-state index contributed by atoms with van der Waals surface area (Å²) in [4.78, 5) is 40.6. The van der Waals surface area contributed by atoms with E-state index in [1.54, 1.807) is 87.9 Å². The summed E-state index contributed by atoms with van der Waals surface area (Å²) < 4.78 is 10.5. The number of methoxy groups -OCH3 is 2. The number of hydrogen-bond donors (Lipinski definition) is 3. The van der Waals surface area contributed by atoms with Crippen LogP contribution in [0.2, 0.25) is 0 Å². The van der Waals surface area contributed by atoms with Gasteiger partial charge in [-0.2, -0.15) is 0 Å². The number of thiophene rings is 1. The molecule has 0 radical (unpaired) electrons. The number of anilines is 2. The molecular weight excluding hydrogens is 558 g/mol. The Bertz CT molecular complexity index is 1520. The number of benzene rings is 3. The van der Waals surface area contributed by atoms with Crippen LogP contribution < -0.4 is 25.4 Å². The molecule has 1 unspecified atom stereocenters. The van der Waals surface area contributed by atoms with Gasteiger partial charge in [0.1, 0.15) is 17.2 Å². The van der Waals surface area contributed by atoms with Crippen LogP contribution >= 0.6 is 23.1 Å². The van der Waals surface area contributed by atoms with E-state index in [0.717, 1.165) is 9.77 Å². The smallest absolute Gasteiger partial charge is 0.272 e. The Morgan fingerprint density at radius 2 is 1.56 bits per heavy atom. The van der Waals surface area contributed by atoms with Gasteiger partial charge in [-0.1, -0.05) is 30.3 Å². The molecule has 0 aliphatic heterocycles. The highest BCUT2D eigenvalue weighted by atomic mass is 32.2. The van der Waals surface area contributed by atoms with Crippen LogP contribution in [-0.4, -0.2) is 37.2 Å².